The smallest absolute Gasteiger partial charge is 0.251 e. The van der Waals surface area contributed by atoms with Crippen molar-refractivity contribution in [2.24, 2.45) is 0 Å². The number of hydrogen-bond acceptors (Lipinski definition) is 5. The van der Waals surface area contributed by atoms with Gasteiger partial charge < -0.3 is 24.1 Å². The third-order valence-electron chi connectivity index (χ3n) is 6.80. The Hall–Kier alpha value is -4.78. The minimum Gasteiger partial charge on any atom is -0.467 e. The average Bonchev–Trinajstić information content (AvgIpc) is 3.64. The zero-order valence-corrected chi connectivity index (χ0v) is 22.8. The molecule has 40 heavy (non-hydrogen) atoms. The number of hydrogen-bond donors (Lipinski definition) is 1. The van der Waals surface area contributed by atoms with Gasteiger partial charge in [-0.1, -0.05) is 61.9 Å². The normalized spacial score (nSPS) is 13.0. The summed E-state index contributed by atoms with van der Waals surface area (Å²) in [5.74, 6) is 1.57. The summed E-state index contributed by atoms with van der Waals surface area (Å²) >= 11 is 0. The first-order valence-electron chi connectivity index (χ1n) is 13.3. The second kappa shape index (κ2) is 11.9. The Labute approximate surface area is 234 Å². The zero-order valence-electron chi connectivity index (χ0n) is 22.8. The van der Waals surface area contributed by atoms with E-state index >= 15 is 0 Å². The quantitative estimate of drug-likeness (QED) is 0.236. The Kier molecular flexibility index (Phi) is 8.01. The van der Waals surface area contributed by atoms with Crippen LogP contribution in [0.5, 0.6) is 11.5 Å². The van der Waals surface area contributed by atoms with Gasteiger partial charge in [-0.2, -0.15) is 0 Å². The van der Waals surface area contributed by atoms with Gasteiger partial charge in [-0.05, 0) is 72.0 Å². The van der Waals surface area contributed by atoms with Gasteiger partial charge in [-0.25, -0.2) is 0 Å². The molecule has 1 N–H and O–H groups in total. The lowest BCUT2D eigenvalue weighted by Crippen LogP contribution is -2.40. The second-order valence-corrected chi connectivity index (χ2v) is 10.1. The summed E-state index contributed by atoms with van der Waals surface area (Å²) in [6, 6.07) is 23.5. The molecule has 3 aromatic carbocycles. The highest BCUT2D eigenvalue weighted by Gasteiger charge is 2.31. The molecule has 2 heterocycles. The SMILES string of the molecule is Cc1ccc([C@@H](C(=O)Nc2ccc(C(C)C)cc2)N(Cc2ccco2)C(=O)/C=C/c2ccc3c(c2)OCO3)cc1. The summed E-state index contributed by atoms with van der Waals surface area (Å²) in [7, 11) is 0. The fourth-order valence-electron chi connectivity index (χ4n) is 4.53. The van der Waals surface area contributed by atoms with Crippen molar-refractivity contribution in [3.8, 4) is 11.5 Å². The molecule has 0 bridgehead atoms. The van der Waals surface area contributed by atoms with E-state index in [4.69, 9.17) is 13.9 Å². The summed E-state index contributed by atoms with van der Waals surface area (Å²) < 4.78 is 16.4. The molecular weight excluding hydrogens is 504 g/mol. The molecule has 1 aliphatic rings. The summed E-state index contributed by atoms with van der Waals surface area (Å²) in [6.45, 7) is 6.50. The zero-order chi connectivity index (χ0) is 28.1. The molecule has 0 aliphatic carbocycles. The molecule has 0 saturated heterocycles. The first kappa shape index (κ1) is 26.8. The third kappa shape index (κ3) is 6.26. The number of benzene rings is 3. The van der Waals surface area contributed by atoms with Gasteiger partial charge in [-0.3, -0.25) is 9.59 Å². The van der Waals surface area contributed by atoms with Crippen LogP contribution in [0.2, 0.25) is 0 Å². The van der Waals surface area contributed by atoms with Crippen LogP contribution < -0.4 is 14.8 Å². The largest absolute Gasteiger partial charge is 0.467 e. The fraction of sp³-hybridized carbons (Fsp3) is 0.212. The van der Waals surface area contributed by atoms with Gasteiger partial charge in [0.25, 0.3) is 5.91 Å². The van der Waals surface area contributed by atoms with E-state index in [1.165, 1.54) is 16.5 Å². The number of furan rings is 1. The van der Waals surface area contributed by atoms with E-state index in [1.807, 2.05) is 67.6 Å². The highest BCUT2D eigenvalue weighted by molar-refractivity contribution is 6.00. The summed E-state index contributed by atoms with van der Waals surface area (Å²) in [5.41, 5.74) is 4.36. The Morgan fingerprint density at radius 3 is 2.35 bits per heavy atom. The fourth-order valence-corrected chi connectivity index (χ4v) is 4.53. The van der Waals surface area contributed by atoms with Gasteiger partial charge in [0.15, 0.2) is 11.5 Å². The van der Waals surface area contributed by atoms with Crippen molar-refractivity contribution in [3.05, 3.63) is 119 Å². The molecule has 0 radical (unpaired) electrons. The molecule has 1 aromatic heterocycles. The van der Waals surface area contributed by atoms with Gasteiger partial charge in [0.05, 0.1) is 12.8 Å². The average molecular weight is 537 g/mol. The maximum Gasteiger partial charge on any atom is 0.251 e. The topological polar surface area (TPSA) is 81.0 Å². The maximum atomic E-state index is 13.9. The van der Waals surface area contributed by atoms with E-state index in [-0.39, 0.29) is 25.2 Å². The molecule has 5 rings (SSSR count). The van der Waals surface area contributed by atoms with Crippen molar-refractivity contribution in [1.82, 2.24) is 4.90 Å². The van der Waals surface area contributed by atoms with Crippen LogP contribution in [0.15, 0.2) is 95.6 Å². The van der Waals surface area contributed by atoms with Crippen LogP contribution >= 0.6 is 0 Å². The number of nitrogens with zero attached hydrogens (tertiary/aromatic N) is 1. The maximum absolute atomic E-state index is 13.9. The molecule has 204 valence electrons. The number of amides is 2. The van der Waals surface area contributed by atoms with Crippen LogP contribution in [0, 0.1) is 6.92 Å². The van der Waals surface area contributed by atoms with Gasteiger partial charge in [0, 0.05) is 11.8 Å². The van der Waals surface area contributed by atoms with Gasteiger partial charge in [-0.15, -0.1) is 0 Å². The van der Waals surface area contributed by atoms with Crippen molar-refractivity contribution < 1.29 is 23.5 Å². The van der Waals surface area contributed by atoms with Gasteiger partial charge in [0.1, 0.15) is 11.8 Å². The Bertz CT molecular complexity index is 1490. The van der Waals surface area contributed by atoms with Crippen molar-refractivity contribution in [2.45, 2.75) is 39.3 Å². The van der Waals surface area contributed by atoms with Crippen LogP contribution in [0.4, 0.5) is 5.69 Å². The lowest BCUT2D eigenvalue weighted by atomic mass is 10.0. The van der Waals surface area contributed by atoms with Crippen LogP contribution in [0.25, 0.3) is 6.08 Å². The van der Waals surface area contributed by atoms with Crippen molar-refractivity contribution >= 4 is 23.6 Å². The number of ether oxygens (including phenoxy) is 2. The third-order valence-corrected chi connectivity index (χ3v) is 6.80. The summed E-state index contributed by atoms with van der Waals surface area (Å²) in [6.07, 6.45) is 4.72. The Morgan fingerprint density at radius 1 is 0.925 bits per heavy atom. The molecule has 2 amide bonds. The summed E-state index contributed by atoms with van der Waals surface area (Å²) in [5, 5.41) is 3.02. The van der Waals surface area contributed by atoms with Crippen LogP contribution in [-0.2, 0) is 16.1 Å². The number of carbonyl (C=O) groups excluding carboxylic acids is 2. The van der Waals surface area contributed by atoms with E-state index in [9.17, 15) is 9.59 Å². The van der Waals surface area contributed by atoms with E-state index in [0.717, 1.165) is 11.1 Å². The summed E-state index contributed by atoms with van der Waals surface area (Å²) in [4.78, 5) is 29.2. The van der Waals surface area contributed by atoms with Gasteiger partial charge in [0.2, 0.25) is 12.7 Å². The standard InChI is InChI=1S/C33H32N2O5/c1-22(2)25-12-14-27(15-13-25)34-33(37)32(26-10-6-23(3)7-11-26)35(20-28-5-4-18-38-28)31(36)17-9-24-8-16-29-30(19-24)40-21-39-29/h4-19,22,32H,20-21H2,1-3H3,(H,34,37)/b17-9+/t32-/m0/s1. The molecule has 1 aliphatic heterocycles. The van der Waals surface area contributed by atoms with E-state index in [0.29, 0.717) is 34.4 Å². The van der Waals surface area contributed by atoms with E-state index in [2.05, 4.69) is 19.2 Å². The Morgan fingerprint density at radius 2 is 1.65 bits per heavy atom. The number of nitrogens with one attached hydrogen (secondary N) is 1. The van der Waals surface area contributed by atoms with E-state index in [1.54, 1.807) is 30.5 Å². The van der Waals surface area contributed by atoms with Crippen LogP contribution in [0.3, 0.4) is 0 Å². The van der Waals surface area contributed by atoms with Crippen molar-refractivity contribution in [1.29, 1.82) is 0 Å². The predicted molar refractivity (Wildman–Crippen MR) is 154 cm³/mol. The van der Waals surface area contributed by atoms with Crippen LogP contribution in [-0.4, -0.2) is 23.5 Å². The van der Waals surface area contributed by atoms with Gasteiger partial charge >= 0.3 is 0 Å². The minimum atomic E-state index is -0.913. The number of aryl methyl sites for hydroxylation is 1. The van der Waals surface area contributed by atoms with Crippen LogP contribution in [0.1, 0.15) is 53.8 Å². The van der Waals surface area contributed by atoms with Crippen molar-refractivity contribution in [3.63, 3.8) is 0 Å². The molecule has 4 aromatic rings. The highest BCUT2D eigenvalue weighted by Crippen LogP contribution is 2.33. The monoisotopic (exact) mass is 536 g/mol. The number of rotatable bonds is 9. The second-order valence-electron chi connectivity index (χ2n) is 10.1. The molecule has 0 saturated carbocycles. The number of anilines is 1. The molecule has 0 unspecified atom stereocenters. The predicted octanol–water partition coefficient (Wildman–Crippen LogP) is 6.86. The molecular formula is C33H32N2O5. The minimum absolute atomic E-state index is 0.107. The first-order valence-corrected chi connectivity index (χ1v) is 13.3. The number of fused-ring (bicyclic) bond motifs is 1. The van der Waals surface area contributed by atoms with E-state index < -0.39 is 6.04 Å². The molecule has 7 nitrogen and oxygen atoms in total. The Balaban J connectivity index is 1.47. The lowest BCUT2D eigenvalue weighted by molar-refractivity contribution is -0.136. The molecule has 0 fully saturated rings. The molecule has 0 spiro atoms. The van der Waals surface area contributed by atoms with Crippen molar-refractivity contribution in [2.75, 3.05) is 12.1 Å². The first-order chi connectivity index (χ1) is 19.4. The molecule has 7 heteroatoms. The lowest BCUT2D eigenvalue weighted by Gasteiger charge is -2.30. The molecule has 1 atom stereocenters. The highest BCUT2D eigenvalue weighted by atomic mass is 16.7. The number of carbonyl (C=O) groups is 2.